The predicted octanol–water partition coefficient (Wildman–Crippen LogP) is 10.6. The van der Waals surface area contributed by atoms with Crippen molar-refractivity contribution >= 4 is 43.2 Å². The predicted molar refractivity (Wildman–Crippen MR) is 183 cm³/mol. The molecule has 204 valence electrons. The Morgan fingerprint density at radius 3 is 1.57 bits per heavy atom. The Hall–Kier alpha value is -5.93. The highest BCUT2D eigenvalue weighted by atomic mass is 14.7. The van der Waals surface area contributed by atoms with Gasteiger partial charge in [-0.2, -0.15) is 0 Å². The molecule has 9 rings (SSSR count). The van der Waals surface area contributed by atoms with Gasteiger partial charge in [-0.1, -0.05) is 84.9 Å². The third kappa shape index (κ3) is 3.87. The van der Waals surface area contributed by atoms with Crippen molar-refractivity contribution in [2.75, 3.05) is 0 Å². The zero-order valence-corrected chi connectivity index (χ0v) is 23.8. The van der Waals surface area contributed by atoms with Crippen LogP contribution in [0, 0.1) is 0 Å². The van der Waals surface area contributed by atoms with E-state index >= 15 is 0 Å². The molecule has 0 amide bonds. The van der Waals surface area contributed by atoms with E-state index in [0.717, 1.165) is 44.5 Å². The van der Waals surface area contributed by atoms with E-state index in [1.54, 1.807) is 0 Å². The second-order valence-corrected chi connectivity index (χ2v) is 11.3. The van der Waals surface area contributed by atoms with Crippen molar-refractivity contribution in [3.63, 3.8) is 0 Å². The fourth-order valence-corrected chi connectivity index (χ4v) is 6.76. The zero-order valence-electron chi connectivity index (χ0n) is 23.8. The standard InChI is InChI=1S/C41H25N3/c1-3-20-42-37(10-1)30-23-29(24-31(25-30)38-11-2-4-21-43-38)32-16-12-26-15-19-35-33(17-13-27-14-18-34(32)39(26)40(27)35)36-9-5-7-28-8-6-22-44-41(28)36/h1-25H. The van der Waals surface area contributed by atoms with Gasteiger partial charge >= 0.3 is 0 Å². The summed E-state index contributed by atoms with van der Waals surface area (Å²) in [5.74, 6) is 0. The molecule has 6 aromatic carbocycles. The highest BCUT2D eigenvalue weighted by Crippen LogP contribution is 2.44. The molecule has 9 aromatic rings. The topological polar surface area (TPSA) is 38.7 Å². The molecule has 0 fully saturated rings. The van der Waals surface area contributed by atoms with E-state index in [2.05, 4.69) is 113 Å². The largest absolute Gasteiger partial charge is 0.256 e. The number of pyridine rings is 3. The van der Waals surface area contributed by atoms with Gasteiger partial charge in [0, 0.05) is 40.7 Å². The van der Waals surface area contributed by atoms with E-state index < -0.39 is 0 Å². The minimum Gasteiger partial charge on any atom is -0.256 e. The van der Waals surface area contributed by atoms with Crippen LogP contribution in [0.15, 0.2) is 152 Å². The maximum atomic E-state index is 4.78. The Kier molecular flexibility index (Phi) is 5.50. The molecule has 0 bridgehead atoms. The van der Waals surface area contributed by atoms with Gasteiger partial charge in [-0.15, -0.1) is 0 Å². The molecule has 0 spiro atoms. The number of benzene rings is 6. The smallest absolute Gasteiger partial charge is 0.0780 e. The van der Waals surface area contributed by atoms with Crippen LogP contribution >= 0.6 is 0 Å². The minimum absolute atomic E-state index is 0.942. The van der Waals surface area contributed by atoms with E-state index in [0.29, 0.717) is 0 Å². The first kappa shape index (κ1) is 24.6. The fraction of sp³-hybridized carbons (Fsp3) is 0. The lowest BCUT2D eigenvalue weighted by molar-refractivity contribution is 1.31. The van der Waals surface area contributed by atoms with Crippen molar-refractivity contribution in [3.05, 3.63) is 152 Å². The summed E-state index contributed by atoms with van der Waals surface area (Å²) < 4.78 is 0. The van der Waals surface area contributed by atoms with Crippen LogP contribution in [0.2, 0.25) is 0 Å². The van der Waals surface area contributed by atoms with Crippen LogP contribution in [-0.2, 0) is 0 Å². The molecule has 0 saturated heterocycles. The summed E-state index contributed by atoms with van der Waals surface area (Å²) in [5.41, 5.74) is 9.75. The number of nitrogens with zero attached hydrogens (tertiary/aromatic N) is 3. The highest BCUT2D eigenvalue weighted by molar-refractivity contribution is 6.28. The number of rotatable bonds is 4. The van der Waals surface area contributed by atoms with Gasteiger partial charge in [-0.05, 0) is 97.5 Å². The molecule has 44 heavy (non-hydrogen) atoms. The van der Waals surface area contributed by atoms with Gasteiger partial charge in [-0.25, -0.2) is 0 Å². The highest BCUT2D eigenvalue weighted by Gasteiger charge is 2.17. The molecule has 0 radical (unpaired) electrons. The van der Waals surface area contributed by atoms with Gasteiger partial charge in [0.25, 0.3) is 0 Å². The minimum atomic E-state index is 0.942. The summed E-state index contributed by atoms with van der Waals surface area (Å²) in [6.45, 7) is 0. The van der Waals surface area contributed by atoms with E-state index in [-0.39, 0.29) is 0 Å². The molecule has 0 aliphatic carbocycles. The maximum Gasteiger partial charge on any atom is 0.0780 e. The molecule has 0 N–H and O–H groups in total. The average molecular weight is 560 g/mol. The average Bonchev–Trinajstić information content (AvgIpc) is 3.11. The summed E-state index contributed by atoms with van der Waals surface area (Å²) in [6, 6.07) is 47.5. The van der Waals surface area contributed by atoms with E-state index in [4.69, 9.17) is 4.98 Å². The van der Waals surface area contributed by atoms with Crippen molar-refractivity contribution in [2.24, 2.45) is 0 Å². The maximum absolute atomic E-state index is 4.78. The Balaban J connectivity index is 1.32. The molecule has 0 saturated carbocycles. The van der Waals surface area contributed by atoms with Gasteiger partial charge in [0.1, 0.15) is 0 Å². The summed E-state index contributed by atoms with van der Waals surface area (Å²) in [6.07, 6.45) is 5.58. The SMILES string of the molecule is c1ccc(-c2cc(-c3ccccn3)cc(-c3ccc4ccc5c(-c6cccc7cccnc67)ccc6ccc3c4c65)c2)nc1. The molecule has 3 aromatic heterocycles. The van der Waals surface area contributed by atoms with Crippen molar-refractivity contribution < 1.29 is 0 Å². The van der Waals surface area contributed by atoms with Gasteiger partial charge in [0.2, 0.25) is 0 Å². The number of fused-ring (bicyclic) bond motifs is 1. The monoisotopic (exact) mass is 559 g/mol. The first-order valence-corrected chi connectivity index (χ1v) is 14.8. The zero-order chi connectivity index (χ0) is 29.0. The molecule has 3 heteroatoms. The van der Waals surface area contributed by atoms with Gasteiger partial charge in [0.15, 0.2) is 0 Å². The Bertz CT molecular complexity index is 2420. The normalized spacial score (nSPS) is 11.6. The molecule has 0 aliphatic heterocycles. The Morgan fingerprint density at radius 2 is 0.909 bits per heavy atom. The molecular weight excluding hydrogens is 534 g/mol. The third-order valence-electron chi connectivity index (χ3n) is 8.75. The van der Waals surface area contributed by atoms with Gasteiger partial charge < -0.3 is 0 Å². The van der Waals surface area contributed by atoms with Gasteiger partial charge in [0.05, 0.1) is 16.9 Å². The van der Waals surface area contributed by atoms with Crippen molar-refractivity contribution in [3.8, 4) is 44.8 Å². The third-order valence-corrected chi connectivity index (χ3v) is 8.75. The second-order valence-electron chi connectivity index (χ2n) is 11.3. The summed E-state index contributed by atoms with van der Waals surface area (Å²) in [4.78, 5) is 14.1. The molecular formula is C41H25N3. The fourth-order valence-electron chi connectivity index (χ4n) is 6.76. The lowest BCUT2D eigenvalue weighted by Crippen LogP contribution is -1.92. The molecule has 3 heterocycles. The second kappa shape index (κ2) is 9.82. The van der Waals surface area contributed by atoms with Crippen LogP contribution in [0.1, 0.15) is 0 Å². The summed E-state index contributed by atoms with van der Waals surface area (Å²) >= 11 is 0. The molecule has 0 atom stereocenters. The van der Waals surface area contributed by atoms with Crippen molar-refractivity contribution in [1.29, 1.82) is 0 Å². The molecule has 0 unspecified atom stereocenters. The van der Waals surface area contributed by atoms with E-state index in [9.17, 15) is 0 Å². The van der Waals surface area contributed by atoms with Crippen LogP contribution in [0.5, 0.6) is 0 Å². The number of hydrogen-bond acceptors (Lipinski definition) is 3. The summed E-state index contributed by atoms with van der Waals surface area (Å²) in [5, 5.41) is 8.68. The quantitative estimate of drug-likeness (QED) is 0.201. The van der Waals surface area contributed by atoms with Gasteiger partial charge in [-0.3, -0.25) is 15.0 Å². The van der Waals surface area contributed by atoms with Crippen LogP contribution in [0.3, 0.4) is 0 Å². The van der Waals surface area contributed by atoms with Crippen LogP contribution in [0.4, 0.5) is 0 Å². The lowest BCUT2D eigenvalue weighted by atomic mass is 9.86. The Labute approximate surface area is 254 Å². The lowest BCUT2D eigenvalue weighted by Gasteiger charge is -2.18. The van der Waals surface area contributed by atoms with Crippen molar-refractivity contribution in [1.82, 2.24) is 15.0 Å². The van der Waals surface area contributed by atoms with Crippen molar-refractivity contribution in [2.45, 2.75) is 0 Å². The number of aromatic nitrogens is 3. The number of hydrogen-bond donors (Lipinski definition) is 0. The first-order chi connectivity index (χ1) is 21.8. The number of para-hydroxylation sites is 1. The Morgan fingerprint density at radius 1 is 0.341 bits per heavy atom. The molecule has 0 aliphatic rings. The first-order valence-electron chi connectivity index (χ1n) is 14.8. The summed E-state index contributed by atoms with van der Waals surface area (Å²) in [7, 11) is 0. The van der Waals surface area contributed by atoms with Crippen LogP contribution in [0.25, 0.3) is 88.0 Å². The van der Waals surface area contributed by atoms with E-state index in [1.165, 1.54) is 43.4 Å². The van der Waals surface area contributed by atoms with Crippen LogP contribution in [-0.4, -0.2) is 15.0 Å². The van der Waals surface area contributed by atoms with Crippen LogP contribution < -0.4 is 0 Å². The molecule has 3 nitrogen and oxygen atoms in total. The van der Waals surface area contributed by atoms with E-state index in [1.807, 2.05) is 48.9 Å².